The van der Waals surface area contributed by atoms with Crippen LogP contribution in [0.2, 0.25) is 0 Å². The molecule has 0 spiro atoms. The summed E-state index contributed by atoms with van der Waals surface area (Å²) in [5.74, 6) is 1.21. The van der Waals surface area contributed by atoms with Crippen molar-refractivity contribution in [1.29, 1.82) is 5.26 Å². The molecular weight excluding hydrogens is 328 g/mol. The molecular formula is C20H20N4O2. The summed E-state index contributed by atoms with van der Waals surface area (Å²) in [5, 5.41) is 11.8. The highest BCUT2D eigenvalue weighted by Gasteiger charge is 2.22. The molecule has 0 radical (unpaired) electrons. The Balaban J connectivity index is 1.65. The smallest absolute Gasteiger partial charge is 0.258 e. The molecule has 0 aliphatic carbocycles. The number of hydrogen-bond donors (Lipinski definition) is 2. The van der Waals surface area contributed by atoms with Gasteiger partial charge in [-0.2, -0.15) is 5.26 Å². The molecule has 3 rings (SSSR count). The van der Waals surface area contributed by atoms with Crippen LogP contribution in [0.15, 0.2) is 48.5 Å². The third-order valence-corrected chi connectivity index (χ3v) is 4.04. The van der Waals surface area contributed by atoms with Gasteiger partial charge in [0.2, 0.25) is 0 Å². The number of para-hydroxylation sites is 2. The number of nitrogens with zero attached hydrogens (tertiary/aromatic N) is 2. The second-order valence-corrected chi connectivity index (χ2v) is 6.35. The summed E-state index contributed by atoms with van der Waals surface area (Å²) in [6, 6.07) is 16.2. The van der Waals surface area contributed by atoms with E-state index in [9.17, 15) is 4.79 Å². The monoisotopic (exact) mass is 348 g/mol. The van der Waals surface area contributed by atoms with E-state index in [2.05, 4.69) is 15.3 Å². The van der Waals surface area contributed by atoms with Gasteiger partial charge in [-0.05, 0) is 42.3 Å². The van der Waals surface area contributed by atoms with Crippen LogP contribution in [0, 0.1) is 17.2 Å². The molecule has 0 bridgehead atoms. The number of benzene rings is 2. The molecule has 3 aromatic rings. The Morgan fingerprint density at radius 3 is 2.62 bits per heavy atom. The second kappa shape index (κ2) is 7.70. The predicted octanol–water partition coefficient (Wildman–Crippen LogP) is 3.33. The summed E-state index contributed by atoms with van der Waals surface area (Å²) in [7, 11) is 0. The number of carbonyl (C=O) groups excluding carboxylic acids is 1. The molecule has 0 fully saturated rings. The lowest BCUT2D eigenvalue weighted by Crippen LogP contribution is -2.35. The number of aromatic amines is 1. The molecule has 2 aromatic carbocycles. The maximum Gasteiger partial charge on any atom is 0.258 e. The first kappa shape index (κ1) is 17.5. The van der Waals surface area contributed by atoms with Gasteiger partial charge in [0.05, 0.1) is 28.7 Å². The van der Waals surface area contributed by atoms with Crippen LogP contribution in [0.25, 0.3) is 11.0 Å². The highest BCUT2D eigenvalue weighted by atomic mass is 16.5. The number of H-pyrrole nitrogens is 1. The largest absolute Gasteiger partial charge is 0.484 e. The van der Waals surface area contributed by atoms with Crippen LogP contribution in [0.5, 0.6) is 5.75 Å². The van der Waals surface area contributed by atoms with Crippen LogP contribution in [0.1, 0.15) is 31.3 Å². The summed E-state index contributed by atoms with van der Waals surface area (Å²) in [5.41, 5.74) is 2.36. The lowest BCUT2D eigenvalue weighted by Gasteiger charge is -2.20. The van der Waals surface area contributed by atoms with Crippen LogP contribution in [-0.4, -0.2) is 22.5 Å². The molecule has 1 aromatic heterocycles. The zero-order chi connectivity index (χ0) is 18.5. The first-order chi connectivity index (χ1) is 12.6. The van der Waals surface area contributed by atoms with Crippen molar-refractivity contribution >= 4 is 16.9 Å². The van der Waals surface area contributed by atoms with Crippen molar-refractivity contribution in [2.24, 2.45) is 5.92 Å². The molecule has 0 saturated carbocycles. The Kier molecular flexibility index (Phi) is 5.18. The average Bonchev–Trinajstić information content (AvgIpc) is 3.08. The number of rotatable bonds is 6. The van der Waals surface area contributed by atoms with Gasteiger partial charge < -0.3 is 15.0 Å². The van der Waals surface area contributed by atoms with E-state index in [4.69, 9.17) is 10.00 Å². The van der Waals surface area contributed by atoms with Crippen molar-refractivity contribution in [3.05, 3.63) is 59.9 Å². The lowest BCUT2D eigenvalue weighted by molar-refractivity contribution is -0.124. The van der Waals surface area contributed by atoms with Gasteiger partial charge in [0.15, 0.2) is 6.61 Å². The Morgan fingerprint density at radius 1 is 1.23 bits per heavy atom. The fraction of sp³-hybridized carbons (Fsp3) is 0.250. The molecule has 6 heteroatoms. The van der Waals surface area contributed by atoms with Crippen molar-refractivity contribution in [3.63, 3.8) is 0 Å². The summed E-state index contributed by atoms with van der Waals surface area (Å²) in [6.07, 6.45) is 0. The van der Waals surface area contributed by atoms with Crippen LogP contribution < -0.4 is 10.1 Å². The number of aromatic nitrogens is 2. The number of nitrogens with one attached hydrogen (secondary N) is 2. The SMILES string of the molecule is CC(C)[C@H](NC(=O)COc1ccc(C#N)cc1)c1nc2ccccc2[nH]1. The van der Waals surface area contributed by atoms with Crippen LogP contribution in [-0.2, 0) is 4.79 Å². The third-order valence-electron chi connectivity index (χ3n) is 4.04. The number of imidazole rings is 1. The number of ether oxygens (including phenoxy) is 1. The lowest BCUT2D eigenvalue weighted by atomic mass is 10.0. The van der Waals surface area contributed by atoms with Crippen LogP contribution in [0.3, 0.4) is 0 Å². The van der Waals surface area contributed by atoms with E-state index >= 15 is 0 Å². The fourth-order valence-corrected chi connectivity index (χ4v) is 2.66. The summed E-state index contributed by atoms with van der Waals surface area (Å²) in [4.78, 5) is 20.2. The van der Waals surface area contributed by atoms with E-state index in [1.54, 1.807) is 24.3 Å². The van der Waals surface area contributed by atoms with Crippen molar-refractivity contribution in [2.75, 3.05) is 6.61 Å². The maximum absolute atomic E-state index is 12.3. The number of fused-ring (bicyclic) bond motifs is 1. The third kappa shape index (κ3) is 4.01. The van der Waals surface area contributed by atoms with Gasteiger partial charge in [-0.3, -0.25) is 4.79 Å². The van der Waals surface area contributed by atoms with E-state index in [-0.39, 0.29) is 24.5 Å². The Bertz CT molecular complexity index is 905. The van der Waals surface area contributed by atoms with Crippen LogP contribution in [0.4, 0.5) is 0 Å². The van der Waals surface area contributed by atoms with E-state index in [1.807, 2.05) is 44.2 Å². The molecule has 6 nitrogen and oxygen atoms in total. The number of hydrogen-bond acceptors (Lipinski definition) is 4. The van der Waals surface area contributed by atoms with E-state index in [0.717, 1.165) is 16.9 Å². The minimum atomic E-state index is -0.237. The van der Waals surface area contributed by atoms with Crippen molar-refractivity contribution < 1.29 is 9.53 Å². The predicted molar refractivity (Wildman–Crippen MR) is 98.5 cm³/mol. The first-order valence-electron chi connectivity index (χ1n) is 8.44. The molecule has 0 unspecified atom stereocenters. The number of amides is 1. The van der Waals surface area contributed by atoms with E-state index in [0.29, 0.717) is 11.3 Å². The van der Waals surface area contributed by atoms with E-state index in [1.165, 1.54) is 0 Å². The highest BCUT2D eigenvalue weighted by molar-refractivity contribution is 5.78. The van der Waals surface area contributed by atoms with Gasteiger partial charge >= 0.3 is 0 Å². The zero-order valence-electron chi connectivity index (χ0n) is 14.7. The summed E-state index contributed by atoms with van der Waals surface area (Å²) in [6.45, 7) is 3.95. The van der Waals surface area contributed by atoms with Gasteiger partial charge in [0, 0.05) is 0 Å². The Labute approximate surface area is 151 Å². The number of nitriles is 1. The average molecular weight is 348 g/mol. The van der Waals surface area contributed by atoms with Gasteiger partial charge in [0.1, 0.15) is 11.6 Å². The van der Waals surface area contributed by atoms with Gasteiger partial charge in [-0.25, -0.2) is 4.98 Å². The molecule has 1 heterocycles. The Hall–Kier alpha value is -3.33. The van der Waals surface area contributed by atoms with Crippen molar-refractivity contribution in [1.82, 2.24) is 15.3 Å². The zero-order valence-corrected chi connectivity index (χ0v) is 14.7. The topological polar surface area (TPSA) is 90.8 Å². The van der Waals surface area contributed by atoms with Gasteiger partial charge in [-0.1, -0.05) is 26.0 Å². The normalized spacial score (nSPS) is 11.9. The summed E-state index contributed by atoms with van der Waals surface area (Å²) < 4.78 is 5.49. The molecule has 2 N–H and O–H groups in total. The molecule has 26 heavy (non-hydrogen) atoms. The van der Waals surface area contributed by atoms with Crippen molar-refractivity contribution in [3.8, 4) is 11.8 Å². The maximum atomic E-state index is 12.3. The highest BCUT2D eigenvalue weighted by Crippen LogP contribution is 2.22. The van der Waals surface area contributed by atoms with Crippen LogP contribution >= 0.6 is 0 Å². The minimum Gasteiger partial charge on any atom is -0.484 e. The summed E-state index contributed by atoms with van der Waals surface area (Å²) >= 11 is 0. The Morgan fingerprint density at radius 2 is 1.96 bits per heavy atom. The second-order valence-electron chi connectivity index (χ2n) is 6.35. The molecule has 0 aliphatic rings. The first-order valence-corrected chi connectivity index (χ1v) is 8.44. The van der Waals surface area contributed by atoms with E-state index < -0.39 is 0 Å². The molecule has 0 saturated heterocycles. The molecule has 1 amide bonds. The minimum absolute atomic E-state index is 0.102. The quantitative estimate of drug-likeness (QED) is 0.715. The molecule has 0 aliphatic heterocycles. The number of carbonyl (C=O) groups is 1. The standard InChI is InChI=1S/C20H20N4O2/c1-13(2)19(20-22-16-5-3-4-6-17(16)23-20)24-18(25)12-26-15-9-7-14(11-21)8-10-15/h3-10,13,19H,12H2,1-2H3,(H,22,23)(H,24,25)/t19-/m0/s1. The fourth-order valence-electron chi connectivity index (χ4n) is 2.66. The van der Waals surface area contributed by atoms with Gasteiger partial charge in [0.25, 0.3) is 5.91 Å². The molecule has 1 atom stereocenters. The van der Waals surface area contributed by atoms with Gasteiger partial charge in [-0.15, -0.1) is 0 Å². The van der Waals surface area contributed by atoms with Crippen molar-refractivity contribution in [2.45, 2.75) is 19.9 Å². The molecule has 132 valence electrons.